The molecule has 1 aliphatic rings. The molecule has 0 radical (unpaired) electrons. The van der Waals surface area contributed by atoms with E-state index in [0.717, 1.165) is 21.6 Å². The summed E-state index contributed by atoms with van der Waals surface area (Å²) in [7, 11) is 1.97. The van der Waals surface area contributed by atoms with Crippen LogP contribution in [-0.2, 0) is 65.6 Å². The van der Waals surface area contributed by atoms with Crippen molar-refractivity contribution in [2.75, 3.05) is 24.6 Å². The highest BCUT2D eigenvalue weighted by Crippen LogP contribution is 2.25. The van der Waals surface area contributed by atoms with Crippen LogP contribution in [0.1, 0.15) is 57.1 Å². The Morgan fingerprint density at radius 2 is 1.23 bits per heavy atom. The van der Waals surface area contributed by atoms with E-state index in [9.17, 15) is 57.8 Å². The van der Waals surface area contributed by atoms with Gasteiger partial charge in [-0.3, -0.25) is 57.7 Å². The van der Waals surface area contributed by atoms with Crippen molar-refractivity contribution >= 4 is 92.5 Å². The van der Waals surface area contributed by atoms with Gasteiger partial charge in [0, 0.05) is 49.1 Å². The Morgan fingerprint density at radius 3 is 1.81 bits per heavy atom. The number of hydrogen-bond donors (Lipinski definition) is 14. The van der Waals surface area contributed by atoms with Gasteiger partial charge in [0.15, 0.2) is 11.7 Å². The molecule has 0 aliphatic carbocycles. The minimum absolute atomic E-state index is 0.0453. The minimum Gasteiger partial charge on any atom is -0.508 e. The van der Waals surface area contributed by atoms with Gasteiger partial charge in [-0.1, -0.05) is 77.9 Å². The van der Waals surface area contributed by atoms with E-state index in [-0.39, 0.29) is 55.4 Å². The number of nitrogens with one attached hydrogen (secondary N) is 7. The molecule has 1 heterocycles. The second kappa shape index (κ2) is 30.5. The number of benzene rings is 2. The van der Waals surface area contributed by atoms with Crippen molar-refractivity contribution in [1.82, 2.24) is 37.2 Å². The Balaban J connectivity index is 2.05. The number of hydrogen-bond acceptors (Lipinski definition) is 16. The summed E-state index contributed by atoms with van der Waals surface area (Å²) in [5, 5.41) is 36.4. The predicted molar refractivity (Wildman–Crippen MR) is 273 cm³/mol. The number of phenols is 1. The standard InChI is InChI=1S/C46H65N13O13S2/c1-23(24(2)39(66)54-29(9-6-16-52-46(50)51)41(68)53-20-37(63)64)38(65)34-22-74-73-21-28(47)40(67)56-31(18-26-10-12-27(60)13-11-26)44(71)57-32(17-25-7-4-3-5-8-25)43(70)55-30(14-15-35(48)61)42(69)58-33(19-36(49)62)45(72)59-34/h3-5,7-8,10-13,23-24,28-34,60H,6,9,14-22,47H2,1-2H3,(H2,48,61)(H2,49,62)(H,53,68)(H,54,66)(H,55,70)(H,56,67)(H,57,71)(H,58,69)(H,59,72)(H,63,64)(H4,50,51,52)/t23?,24-,28+,29-,30+,31+,32-,33-,34-/m0/s1. The fourth-order valence-electron chi connectivity index (χ4n) is 7.13. The minimum atomic E-state index is -1.80. The average molecular weight is 1070 g/mol. The largest absolute Gasteiger partial charge is 0.508 e. The van der Waals surface area contributed by atoms with Gasteiger partial charge < -0.3 is 76.1 Å². The summed E-state index contributed by atoms with van der Waals surface area (Å²) in [6.45, 7) is 2.04. The van der Waals surface area contributed by atoms with Crippen LogP contribution in [-0.4, -0.2) is 148 Å². The normalized spacial score (nSPS) is 21.5. The number of carboxylic acid groups (broad SMARTS) is 1. The zero-order valence-corrected chi connectivity index (χ0v) is 42.3. The number of primary amides is 2. The molecule has 0 spiro atoms. The fraction of sp³-hybridized carbons (Fsp3) is 0.478. The number of carbonyl (C=O) groups is 11. The van der Waals surface area contributed by atoms with E-state index in [1.165, 1.54) is 38.1 Å². The Labute approximate surface area is 433 Å². The van der Waals surface area contributed by atoms with Crippen molar-refractivity contribution in [1.29, 1.82) is 0 Å². The SMILES string of the molecule is CC(C(=O)[C@@H]1CSSC[C@@H](N)C(=O)N[C@H](Cc2ccc(O)cc2)C(=O)N[C@@H](Cc2ccccc2)C(=O)N[C@H](CCC(N)=O)C(=O)N[C@@H](CC(N)=O)C(=O)N1)[C@H](C)C(=O)N[C@@H](CCCN=C(N)N)C(=O)NCC(=O)O. The first-order valence-electron chi connectivity index (χ1n) is 23.2. The molecule has 404 valence electrons. The van der Waals surface area contributed by atoms with Gasteiger partial charge in [0.25, 0.3) is 0 Å². The first kappa shape index (κ1) is 60.8. The molecule has 9 atom stereocenters. The highest BCUT2D eigenvalue weighted by molar-refractivity contribution is 8.76. The summed E-state index contributed by atoms with van der Waals surface area (Å²) in [6.07, 6.45) is -1.91. The molecule has 1 fully saturated rings. The number of guanidine groups is 1. The third kappa shape index (κ3) is 21.3. The van der Waals surface area contributed by atoms with E-state index in [4.69, 9.17) is 33.8 Å². The molecule has 0 bridgehead atoms. The van der Waals surface area contributed by atoms with Crippen LogP contribution >= 0.6 is 21.6 Å². The molecule has 9 amide bonds. The van der Waals surface area contributed by atoms with Gasteiger partial charge in [-0.05, 0) is 42.5 Å². The first-order valence-corrected chi connectivity index (χ1v) is 25.7. The summed E-state index contributed by atoms with van der Waals surface area (Å²) >= 11 is 0. The lowest BCUT2D eigenvalue weighted by atomic mass is 9.87. The number of phenolic OH excluding ortho intramolecular Hbond substituents is 1. The number of Topliss-reactive ketones (excluding diaryl/α,β-unsaturated/α-hetero) is 1. The van der Waals surface area contributed by atoms with Gasteiger partial charge in [0.1, 0.15) is 42.5 Å². The average Bonchev–Trinajstić information content (AvgIpc) is 3.34. The quantitative estimate of drug-likeness (QED) is 0.0245. The number of nitrogens with two attached hydrogens (primary N) is 5. The monoisotopic (exact) mass is 1070 g/mol. The number of aliphatic carboxylic acids is 1. The second-order valence-corrected chi connectivity index (χ2v) is 19.9. The molecule has 28 heteroatoms. The number of nitrogens with zero attached hydrogens (tertiary/aromatic N) is 1. The maximum Gasteiger partial charge on any atom is 0.322 e. The van der Waals surface area contributed by atoms with Crippen LogP contribution in [0.4, 0.5) is 0 Å². The van der Waals surface area contributed by atoms with Crippen molar-refractivity contribution < 1.29 is 63.0 Å². The summed E-state index contributed by atoms with van der Waals surface area (Å²) in [5.74, 6) is -13.6. The van der Waals surface area contributed by atoms with Gasteiger partial charge >= 0.3 is 5.97 Å². The van der Waals surface area contributed by atoms with Crippen LogP contribution in [0.3, 0.4) is 0 Å². The van der Waals surface area contributed by atoms with Crippen molar-refractivity contribution in [3.63, 3.8) is 0 Å². The maximum atomic E-state index is 14.4. The molecular weight excluding hydrogens is 1010 g/mol. The van der Waals surface area contributed by atoms with Crippen LogP contribution in [0.15, 0.2) is 59.6 Å². The topological polar surface area (TPSA) is 455 Å². The fourth-order valence-corrected chi connectivity index (χ4v) is 9.43. The van der Waals surface area contributed by atoms with Crippen molar-refractivity contribution in [2.24, 2.45) is 45.5 Å². The Bertz CT molecular complexity index is 2360. The number of aromatic hydroxyl groups is 1. The number of ketones is 1. The van der Waals surface area contributed by atoms with Crippen LogP contribution < -0.4 is 65.9 Å². The van der Waals surface area contributed by atoms with Crippen molar-refractivity contribution in [3.8, 4) is 5.75 Å². The Morgan fingerprint density at radius 1 is 0.689 bits per heavy atom. The number of rotatable bonds is 21. The summed E-state index contributed by atoms with van der Waals surface area (Å²) < 4.78 is 0. The third-order valence-corrected chi connectivity index (χ3v) is 13.9. The Hall–Kier alpha value is -7.46. The highest BCUT2D eigenvalue weighted by atomic mass is 33.1. The van der Waals surface area contributed by atoms with Gasteiger partial charge in [-0.25, -0.2) is 0 Å². The summed E-state index contributed by atoms with van der Waals surface area (Å²) in [6, 6.07) is 3.87. The highest BCUT2D eigenvalue weighted by Gasteiger charge is 2.37. The van der Waals surface area contributed by atoms with Gasteiger partial charge in [-0.15, -0.1) is 0 Å². The molecule has 2 aromatic carbocycles. The van der Waals surface area contributed by atoms with Gasteiger partial charge in [0.2, 0.25) is 53.2 Å². The lowest BCUT2D eigenvalue weighted by Gasteiger charge is -2.29. The Kier molecular flexibility index (Phi) is 25.1. The van der Waals surface area contributed by atoms with Crippen LogP contribution in [0.25, 0.3) is 0 Å². The molecule has 0 saturated carbocycles. The molecule has 2 aromatic rings. The summed E-state index contributed by atoms with van der Waals surface area (Å²) in [4.78, 5) is 151. The molecule has 26 nitrogen and oxygen atoms in total. The second-order valence-electron chi connectivity index (χ2n) is 17.3. The molecule has 74 heavy (non-hydrogen) atoms. The van der Waals surface area contributed by atoms with Crippen LogP contribution in [0.2, 0.25) is 0 Å². The number of carboxylic acids is 1. The van der Waals surface area contributed by atoms with Gasteiger partial charge in [-0.2, -0.15) is 0 Å². The number of amides is 9. The third-order valence-electron chi connectivity index (χ3n) is 11.4. The van der Waals surface area contributed by atoms with Crippen molar-refractivity contribution in [3.05, 3.63) is 65.7 Å². The van der Waals surface area contributed by atoms with Crippen LogP contribution in [0, 0.1) is 11.8 Å². The molecule has 1 aliphatic heterocycles. The van der Waals surface area contributed by atoms with E-state index >= 15 is 0 Å². The lowest BCUT2D eigenvalue weighted by molar-refractivity contribution is -0.139. The maximum absolute atomic E-state index is 14.4. The molecule has 1 saturated heterocycles. The van der Waals surface area contributed by atoms with E-state index in [2.05, 4.69) is 42.2 Å². The summed E-state index contributed by atoms with van der Waals surface area (Å²) in [5.41, 5.74) is 29.1. The zero-order valence-electron chi connectivity index (χ0n) is 40.7. The van der Waals surface area contributed by atoms with Crippen LogP contribution in [0.5, 0.6) is 5.75 Å². The first-order chi connectivity index (χ1) is 34.9. The predicted octanol–water partition coefficient (Wildman–Crippen LogP) is -3.95. The molecule has 0 aromatic heterocycles. The molecule has 19 N–H and O–H groups in total. The molecule has 1 unspecified atom stereocenters. The van der Waals surface area contributed by atoms with Gasteiger partial charge in [0.05, 0.1) is 18.5 Å². The zero-order chi connectivity index (χ0) is 55.1. The van der Waals surface area contributed by atoms with Crippen molar-refractivity contribution in [2.45, 2.75) is 101 Å². The van der Waals surface area contributed by atoms with E-state index < -0.39 is 145 Å². The number of aliphatic imine (C=N–C) groups is 1. The molecular formula is C46H65N13O13S2. The van der Waals surface area contributed by atoms with E-state index in [1.54, 1.807) is 30.3 Å². The number of carbonyl (C=O) groups excluding carboxylic acids is 10. The van der Waals surface area contributed by atoms with E-state index in [1.807, 2.05) is 0 Å². The van der Waals surface area contributed by atoms with E-state index in [0.29, 0.717) is 11.1 Å². The lowest BCUT2D eigenvalue weighted by Crippen LogP contribution is -2.60. The molecule has 3 rings (SSSR count). The smallest absolute Gasteiger partial charge is 0.322 e.